The normalized spacial score (nSPS) is 23.9. The zero-order valence-corrected chi connectivity index (χ0v) is 7.78. The predicted molar refractivity (Wildman–Crippen MR) is 51.6 cm³/mol. The molecule has 1 saturated heterocycles. The van der Waals surface area contributed by atoms with Gasteiger partial charge in [-0.2, -0.15) is 0 Å². The van der Waals surface area contributed by atoms with Gasteiger partial charge < -0.3 is 15.1 Å². The van der Waals surface area contributed by atoms with Crippen molar-refractivity contribution in [3.63, 3.8) is 0 Å². The summed E-state index contributed by atoms with van der Waals surface area (Å²) in [5, 5.41) is 0. The minimum Gasteiger partial charge on any atom is -0.469 e. The highest BCUT2D eigenvalue weighted by Crippen LogP contribution is 2.26. The number of hydrogen-bond donors (Lipinski definition) is 1. The van der Waals surface area contributed by atoms with Gasteiger partial charge in [-0.05, 0) is 25.1 Å². The first kappa shape index (κ1) is 8.78. The molecule has 1 atom stereocenters. The zero-order valence-electron chi connectivity index (χ0n) is 7.78. The molecule has 0 spiro atoms. The molecular formula is C10H16N2O. The van der Waals surface area contributed by atoms with Crippen LogP contribution in [0.3, 0.4) is 0 Å². The van der Waals surface area contributed by atoms with Gasteiger partial charge in [-0.3, -0.25) is 0 Å². The average molecular weight is 180 g/mol. The number of rotatable bonds is 3. The molecule has 0 aliphatic carbocycles. The third-order valence-electron chi connectivity index (χ3n) is 2.66. The van der Waals surface area contributed by atoms with E-state index in [4.69, 9.17) is 10.2 Å². The van der Waals surface area contributed by atoms with Gasteiger partial charge in [0.15, 0.2) is 0 Å². The van der Waals surface area contributed by atoms with Gasteiger partial charge in [-0.15, -0.1) is 0 Å². The monoisotopic (exact) mass is 180 g/mol. The van der Waals surface area contributed by atoms with E-state index in [1.807, 2.05) is 6.07 Å². The largest absolute Gasteiger partial charge is 0.469 e. The van der Waals surface area contributed by atoms with Crippen LogP contribution >= 0.6 is 0 Å². The molecule has 0 radical (unpaired) electrons. The number of nitrogens with two attached hydrogens (primary N) is 1. The van der Waals surface area contributed by atoms with Crippen LogP contribution in [0.5, 0.6) is 0 Å². The lowest BCUT2D eigenvalue weighted by molar-refractivity contribution is 0.338. The van der Waals surface area contributed by atoms with E-state index in [-0.39, 0.29) is 0 Å². The SMILES string of the molecule is NCCN1CCC(c2ccco2)C1. The van der Waals surface area contributed by atoms with Gasteiger partial charge >= 0.3 is 0 Å². The van der Waals surface area contributed by atoms with Gasteiger partial charge in [0.25, 0.3) is 0 Å². The smallest absolute Gasteiger partial charge is 0.108 e. The zero-order chi connectivity index (χ0) is 9.10. The molecule has 1 aromatic heterocycles. The fourth-order valence-electron chi connectivity index (χ4n) is 1.97. The highest BCUT2D eigenvalue weighted by molar-refractivity contribution is 5.08. The number of nitrogens with zero attached hydrogens (tertiary/aromatic N) is 1. The van der Waals surface area contributed by atoms with E-state index in [1.54, 1.807) is 6.26 Å². The summed E-state index contributed by atoms with van der Waals surface area (Å²) in [5.74, 6) is 1.71. The molecule has 2 heterocycles. The molecule has 0 bridgehead atoms. The summed E-state index contributed by atoms with van der Waals surface area (Å²) in [7, 11) is 0. The second-order valence-corrected chi connectivity index (χ2v) is 3.59. The Morgan fingerprint density at radius 1 is 1.62 bits per heavy atom. The summed E-state index contributed by atoms with van der Waals surface area (Å²) < 4.78 is 5.39. The molecule has 1 unspecified atom stereocenters. The third kappa shape index (κ3) is 1.92. The maximum Gasteiger partial charge on any atom is 0.108 e. The summed E-state index contributed by atoms with van der Waals surface area (Å²) in [6.45, 7) is 4.02. The van der Waals surface area contributed by atoms with E-state index in [0.29, 0.717) is 5.92 Å². The Bertz CT molecular complexity index is 245. The van der Waals surface area contributed by atoms with Crippen molar-refractivity contribution in [3.05, 3.63) is 24.2 Å². The maximum absolute atomic E-state index is 5.51. The van der Waals surface area contributed by atoms with Gasteiger partial charge in [-0.25, -0.2) is 0 Å². The van der Waals surface area contributed by atoms with Crippen molar-refractivity contribution < 1.29 is 4.42 Å². The highest BCUT2D eigenvalue weighted by Gasteiger charge is 2.24. The lowest BCUT2D eigenvalue weighted by Gasteiger charge is -2.13. The molecule has 1 aromatic rings. The Morgan fingerprint density at radius 3 is 3.23 bits per heavy atom. The lowest BCUT2D eigenvalue weighted by atomic mass is 10.1. The Labute approximate surface area is 78.5 Å². The molecule has 0 amide bonds. The highest BCUT2D eigenvalue weighted by atomic mass is 16.3. The van der Waals surface area contributed by atoms with E-state index < -0.39 is 0 Å². The minimum atomic E-state index is 0.585. The fraction of sp³-hybridized carbons (Fsp3) is 0.600. The Kier molecular flexibility index (Phi) is 2.66. The molecule has 2 N–H and O–H groups in total. The van der Waals surface area contributed by atoms with E-state index >= 15 is 0 Å². The van der Waals surface area contributed by atoms with Gasteiger partial charge in [-0.1, -0.05) is 0 Å². The maximum atomic E-state index is 5.51. The molecule has 1 aliphatic rings. The number of likely N-dealkylation sites (tertiary alicyclic amines) is 1. The van der Waals surface area contributed by atoms with E-state index in [9.17, 15) is 0 Å². The molecular weight excluding hydrogens is 164 g/mol. The summed E-state index contributed by atoms with van der Waals surface area (Å²) >= 11 is 0. The molecule has 3 nitrogen and oxygen atoms in total. The van der Waals surface area contributed by atoms with Crippen LogP contribution in [0, 0.1) is 0 Å². The van der Waals surface area contributed by atoms with E-state index in [1.165, 1.54) is 6.42 Å². The van der Waals surface area contributed by atoms with Crippen LogP contribution in [0.1, 0.15) is 18.1 Å². The van der Waals surface area contributed by atoms with Crippen LogP contribution in [0.4, 0.5) is 0 Å². The van der Waals surface area contributed by atoms with Crippen molar-refractivity contribution in [1.29, 1.82) is 0 Å². The summed E-state index contributed by atoms with van der Waals surface area (Å²) in [4.78, 5) is 2.40. The summed E-state index contributed by atoms with van der Waals surface area (Å²) in [6.07, 6.45) is 2.95. The summed E-state index contributed by atoms with van der Waals surface area (Å²) in [6, 6.07) is 4.03. The van der Waals surface area contributed by atoms with Crippen LogP contribution < -0.4 is 5.73 Å². The second-order valence-electron chi connectivity index (χ2n) is 3.59. The molecule has 3 heteroatoms. The molecule has 0 saturated carbocycles. The first-order valence-corrected chi connectivity index (χ1v) is 4.86. The average Bonchev–Trinajstić information content (AvgIpc) is 2.70. The predicted octanol–water partition coefficient (Wildman–Crippen LogP) is 1.03. The molecule has 13 heavy (non-hydrogen) atoms. The molecule has 1 aliphatic heterocycles. The quantitative estimate of drug-likeness (QED) is 0.755. The molecule has 1 fully saturated rings. The number of furan rings is 1. The minimum absolute atomic E-state index is 0.585. The van der Waals surface area contributed by atoms with Crippen molar-refractivity contribution in [2.75, 3.05) is 26.2 Å². The topological polar surface area (TPSA) is 42.4 Å². The van der Waals surface area contributed by atoms with Crippen LogP contribution in [-0.2, 0) is 0 Å². The van der Waals surface area contributed by atoms with Gasteiger partial charge in [0.1, 0.15) is 5.76 Å². The van der Waals surface area contributed by atoms with Crippen LogP contribution in [0.25, 0.3) is 0 Å². The van der Waals surface area contributed by atoms with Crippen LogP contribution in [-0.4, -0.2) is 31.1 Å². The van der Waals surface area contributed by atoms with Crippen LogP contribution in [0.15, 0.2) is 22.8 Å². The molecule has 2 rings (SSSR count). The van der Waals surface area contributed by atoms with E-state index in [2.05, 4.69) is 11.0 Å². The van der Waals surface area contributed by atoms with Crippen molar-refractivity contribution in [2.24, 2.45) is 5.73 Å². The van der Waals surface area contributed by atoms with Gasteiger partial charge in [0.05, 0.1) is 6.26 Å². The Hall–Kier alpha value is -0.800. The first-order chi connectivity index (χ1) is 6.40. The standard InChI is InChI=1S/C10H16N2O/c11-4-6-12-5-3-9(8-12)10-2-1-7-13-10/h1-2,7,9H,3-6,8,11H2. The molecule has 0 aromatic carbocycles. The Balaban J connectivity index is 1.91. The fourth-order valence-corrected chi connectivity index (χ4v) is 1.97. The summed E-state index contributed by atoms with van der Waals surface area (Å²) in [5.41, 5.74) is 5.51. The first-order valence-electron chi connectivity index (χ1n) is 4.86. The van der Waals surface area contributed by atoms with Crippen molar-refractivity contribution in [1.82, 2.24) is 4.90 Å². The lowest BCUT2D eigenvalue weighted by Crippen LogP contribution is -2.26. The molecule has 72 valence electrons. The van der Waals surface area contributed by atoms with Crippen molar-refractivity contribution >= 4 is 0 Å². The van der Waals surface area contributed by atoms with Crippen molar-refractivity contribution in [2.45, 2.75) is 12.3 Å². The van der Waals surface area contributed by atoms with Gasteiger partial charge in [0.2, 0.25) is 0 Å². The third-order valence-corrected chi connectivity index (χ3v) is 2.66. The number of hydrogen-bond acceptors (Lipinski definition) is 3. The van der Waals surface area contributed by atoms with Gasteiger partial charge in [0, 0.05) is 25.6 Å². The van der Waals surface area contributed by atoms with E-state index in [0.717, 1.165) is 31.9 Å². The second kappa shape index (κ2) is 3.94. The van der Waals surface area contributed by atoms with Crippen LogP contribution in [0.2, 0.25) is 0 Å². The Morgan fingerprint density at radius 2 is 2.54 bits per heavy atom. The van der Waals surface area contributed by atoms with Crippen molar-refractivity contribution in [3.8, 4) is 0 Å².